The molecule has 0 radical (unpaired) electrons. The molecule has 25 heavy (non-hydrogen) atoms. The van der Waals surface area contributed by atoms with Gasteiger partial charge in [0.25, 0.3) is 0 Å². The van der Waals surface area contributed by atoms with Crippen molar-refractivity contribution in [3.8, 4) is 11.4 Å². The summed E-state index contributed by atoms with van der Waals surface area (Å²) in [6.07, 6.45) is 1.51. The lowest BCUT2D eigenvalue weighted by molar-refractivity contribution is -0.142. The van der Waals surface area contributed by atoms with Gasteiger partial charge in [0.05, 0.1) is 36.3 Å². The predicted molar refractivity (Wildman–Crippen MR) is 86.3 cm³/mol. The van der Waals surface area contributed by atoms with Gasteiger partial charge in [0.15, 0.2) is 0 Å². The Bertz CT molecular complexity index is 706. The Balaban J connectivity index is 1.71. The van der Waals surface area contributed by atoms with E-state index in [0.717, 1.165) is 0 Å². The molecule has 0 amide bonds. The molecule has 1 atom stereocenters. The van der Waals surface area contributed by atoms with Crippen LogP contribution in [0.15, 0.2) is 29.4 Å². The molecule has 0 fully saturated rings. The molecule has 2 aromatic rings. The quantitative estimate of drug-likeness (QED) is 0.539. The highest BCUT2D eigenvalue weighted by Gasteiger charge is 2.11. The fourth-order valence-corrected chi connectivity index (χ4v) is 2.34. The lowest BCUT2D eigenvalue weighted by Crippen LogP contribution is -2.13. The minimum atomic E-state index is -1.29. The predicted octanol–water partition coefficient (Wildman–Crippen LogP) is -0.104. The lowest BCUT2D eigenvalue weighted by atomic mass is 10.3. The molecule has 0 aliphatic rings. The number of carboxylic acids is 1. The fourth-order valence-electron chi connectivity index (χ4n) is 1.80. The Morgan fingerprint density at radius 2 is 1.84 bits per heavy atom. The van der Waals surface area contributed by atoms with Crippen molar-refractivity contribution in [2.24, 2.45) is 0 Å². The minimum Gasteiger partial charge on any atom is -0.491 e. The summed E-state index contributed by atoms with van der Waals surface area (Å²) < 4.78 is 28.5. The van der Waals surface area contributed by atoms with Gasteiger partial charge >= 0.3 is 5.97 Å². The molecule has 0 saturated carbocycles. The highest BCUT2D eigenvalue weighted by Crippen LogP contribution is 2.16. The van der Waals surface area contributed by atoms with Crippen LogP contribution in [0.1, 0.15) is 0 Å². The van der Waals surface area contributed by atoms with E-state index in [0.29, 0.717) is 31.3 Å². The summed E-state index contributed by atoms with van der Waals surface area (Å²) in [5, 5.41) is 19.7. The van der Waals surface area contributed by atoms with E-state index in [1.165, 1.54) is 10.9 Å². The van der Waals surface area contributed by atoms with Gasteiger partial charge in [0.1, 0.15) is 19.0 Å². The molecule has 0 saturated heterocycles. The van der Waals surface area contributed by atoms with Crippen LogP contribution in [0.2, 0.25) is 0 Å². The Morgan fingerprint density at radius 1 is 1.16 bits per heavy atom. The highest BCUT2D eigenvalue weighted by molar-refractivity contribution is 7.84. The average molecular weight is 370 g/mol. The second kappa shape index (κ2) is 9.81. The number of tetrazole rings is 1. The van der Waals surface area contributed by atoms with Crippen molar-refractivity contribution in [3.05, 3.63) is 24.3 Å². The molecule has 1 N–H and O–H groups in total. The number of ether oxygens (including phenoxy) is 3. The van der Waals surface area contributed by atoms with Gasteiger partial charge in [-0.2, -0.15) is 4.68 Å². The number of nitrogens with zero attached hydrogens (tertiary/aromatic N) is 4. The Labute approximate surface area is 146 Å². The summed E-state index contributed by atoms with van der Waals surface area (Å²) in [5.41, 5.74) is 0.675. The summed E-state index contributed by atoms with van der Waals surface area (Å²) >= 11 is 0. The zero-order valence-corrected chi connectivity index (χ0v) is 14.3. The molecule has 1 heterocycles. The molecule has 0 aliphatic heterocycles. The second-order valence-corrected chi connectivity index (χ2v) is 6.00. The maximum Gasteiger partial charge on any atom is 0.329 e. The van der Waals surface area contributed by atoms with E-state index in [4.69, 9.17) is 19.3 Å². The number of aromatic nitrogens is 4. The average Bonchev–Trinajstić information content (AvgIpc) is 3.07. The first-order chi connectivity index (χ1) is 12.1. The van der Waals surface area contributed by atoms with E-state index in [1.807, 2.05) is 0 Å². The highest BCUT2D eigenvalue weighted by atomic mass is 32.2. The molecule has 2 rings (SSSR count). The third kappa shape index (κ3) is 6.21. The molecular formula is C14H18N4O6S. The van der Waals surface area contributed by atoms with Gasteiger partial charge in [-0.15, -0.1) is 0 Å². The number of hydrogen-bond acceptors (Lipinski definition) is 8. The number of hydrogen-bond donors (Lipinski definition) is 1. The van der Waals surface area contributed by atoms with Crippen LogP contribution in [0.3, 0.4) is 0 Å². The van der Waals surface area contributed by atoms with Crippen LogP contribution in [0.25, 0.3) is 5.69 Å². The van der Waals surface area contributed by atoms with Crippen LogP contribution in [0, 0.1) is 0 Å². The van der Waals surface area contributed by atoms with E-state index in [9.17, 15) is 9.00 Å². The van der Waals surface area contributed by atoms with Gasteiger partial charge < -0.3 is 19.3 Å². The van der Waals surface area contributed by atoms with E-state index in [2.05, 4.69) is 15.5 Å². The number of rotatable bonds is 11. The van der Waals surface area contributed by atoms with Crippen LogP contribution in [0.5, 0.6) is 5.75 Å². The lowest BCUT2D eigenvalue weighted by Gasteiger charge is -2.08. The van der Waals surface area contributed by atoms with Gasteiger partial charge in [0.2, 0.25) is 5.16 Å². The molecule has 0 aliphatic carbocycles. The van der Waals surface area contributed by atoms with Gasteiger partial charge in [-0.05, 0) is 34.7 Å². The number of benzene rings is 1. The number of carboxylic acid groups (broad SMARTS) is 1. The van der Waals surface area contributed by atoms with Crippen molar-refractivity contribution >= 4 is 16.8 Å². The summed E-state index contributed by atoms with van der Waals surface area (Å²) in [5.74, 6) is -0.368. The van der Waals surface area contributed by atoms with Crippen LogP contribution in [0.4, 0.5) is 0 Å². The maximum absolute atomic E-state index is 11.5. The van der Waals surface area contributed by atoms with Crippen molar-refractivity contribution in [1.29, 1.82) is 0 Å². The van der Waals surface area contributed by atoms with Crippen molar-refractivity contribution in [3.63, 3.8) is 0 Å². The Kier molecular flexibility index (Phi) is 7.44. The molecule has 10 nitrogen and oxygen atoms in total. The number of aliphatic carboxylic acids is 1. The molecule has 11 heteroatoms. The van der Waals surface area contributed by atoms with Crippen LogP contribution >= 0.6 is 0 Å². The van der Waals surface area contributed by atoms with E-state index >= 15 is 0 Å². The molecule has 0 bridgehead atoms. The topological polar surface area (TPSA) is 126 Å². The Hall–Kier alpha value is -2.37. The molecule has 0 spiro atoms. The van der Waals surface area contributed by atoms with Crippen LogP contribution in [-0.2, 0) is 25.1 Å². The maximum atomic E-state index is 11.5. The minimum absolute atomic E-state index is 0.216. The molecular weight excluding hydrogens is 352 g/mol. The zero-order valence-electron chi connectivity index (χ0n) is 13.5. The first-order valence-electron chi connectivity index (χ1n) is 7.30. The first kappa shape index (κ1) is 19.0. The first-order valence-corrected chi connectivity index (χ1v) is 8.86. The van der Waals surface area contributed by atoms with E-state index in [1.54, 1.807) is 24.3 Å². The zero-order chi connectivity index (χ0) is 18.1. The van der Waals surface area contributed by atoms with Crippen molar-refractivity contribution in [2.45, 2.75) is 5.16 Å². The summed E-state index contributed by atoms with van der Waals surface area (Å²) in [7, 11) is -1.29. The van der Waals surface area contributed by atoms with Crippen molar-refractivity contribution < 1.29 is 28.3 Å². The van der Waals surface area contributed by atoms with E-state index in [-0.39, 0.29) is 18.4 Å². The summed E-state index contributed by atoms with van der Waals surface area (Å²) in [4.78, 5) is 10.2. The second-order valence-electron chi connectivity index (χ2n) is 4.73. The largest absolute Gasteiger partial charge is 0.491 e. The molecule has 1 unspecified atom stereocenters. The fraction of sp³-hybridized carbons (Fsp3) is 0.429. The van der Waals surface area contributed by atoms with Gasteiger partial charge in [-0.3, -0.25) is 4.21 Å². The summed E-state index contributed by atoms with van der Waals surface area (Å²) in [6.45, 7) is 0.873. The SMILES string of the molecule is CS(=O)c1nnnn1-c1ccc(OCCOCCOCC(=O)O)cc1. The Morgan fingerprint density at radius 3 is 2.52 bits per heavy atom. The molecule has 1 aromatic carbocycles. The van der Waals surface area contributed by atoms with Crippen molar-refractivity contribution in [2.75, 3.05) is 39.3 Å². The van der Waals surface area contributed by atoms with E-state index < -0.39 is 16.8 Å². The standard InChI is InChI=1S/C14H18N4O6S/c1-25(21)14-15-16-17-18(14)11-2-4-12(5-3-11)24-9-8-22-6-7-23-10-13(19)20/h2-5H,6-10H2,1H3,(H,19,20). The normalized spacial score (nSPS) is 12.0. The third-order valence-electron chi connectivity index (χ3n) is 2.87. The summed E-state index contributed by atoms with van der Waals surface area (Å²) in [6, 6.07) is 7.00. The van der Waals surface area contributed by atoms with Crippen molar-refractivity contribution in [1.82, 2.24) is 20.2 Å². The van der Waals surface area contributed by atoms with Gasteiger partial charge in [0, 0.05) is 6.26 Å². The smallest absolute Gasteiger partial charge is 0.329 e. The van der Waals surface area contributed by atoms with Crippen LogP contribution < -0.4 is 4.74 Å². The van der Waals surface area contributed by atoms with Crippen LogP contribution in [-0.4, -0.2) is 74.8 Å². The third-order valence-corrected chi connectivity index (χ3v) is 3.64. The monoisotopic (exact) mass is 370 g/mol. The van der Waals surface area contributed by atoms with Gasteiger partial charge in [-0.1, -0.05) is 5.10 Å². The number of carbonyl (C=O) groups is 1. The molecule has 1 aromatic heterocycles. The molecule has 136 valence electrons. The van der Waals surface area contributed by atoms with Gasteiger partial charge in [-0.25, -0.2) is 4.79 Å².